The highest BCUT2D eigenvalue weighted by Crippen LogP contribution is 2.25. The molecule has 1 saturated heterocycles. The summed E-state index contributed by atoms with van der Waals surface area (Å²) in [7, 11) is 1.66. The number of H-pyrrole nitrogens is 1. The Labute approximate surface area is 102 Å². The van der Waals surface area contributed by atoms with E-state index in [-0.39, 0.29) is 12.1 Å². The smallest absolute Gasteiger partial charge is 0.161 e. The Morgan fingerprint density at radius 1 is 1.33 bits per heavy atom. The van der Waals surface area contributed by atoms with Gasteiger partial charge in [-0.25, -0.2) is 13.8 Å². The molecule has 18 heavy (non-hydrogen) atoms. The first-order valence-electron chi connectivity index (χ1n) is 5.78. The zero-order valence-electron chi connectivity index (χ0n) is 9.84. The van der Waals surface area contributed by atoms with E-state index in [9.17, 15) is 8.78 Å². The Hall–Kier alpha value is -1.53. The van der Waals surface area contributed by atoms with Crippen molar-refractivity contribution in [3.63, 3.8) is 0 Å². The lowest BCUT2D eigenvalue weighted by atomic mass is 10.2. The fourth-order valence-electron chi connectivity index (χ4n) is 2.28. The topological polar surface area (TPSA) is 49.9 Å². The maximum absolute atomic E-state index is 13.1. The van der Waals surface area contributed by atoms with Crippen LogP contribution >= 0.6 is 0 Å². The van der Waals surface area contributed by atoms with Crippen LogP contribution in [0.25, 0.3) is 11.0 Å². The zero-order valence-corrected chi connectivity index (χ0v) is 9.84. The highest BCUT2D eigenvalue weighted by atomic mass is 19.2. The molecule has 3 rings (SSSR count). The monoisotopic (exact) mass is 253 g/mol. The van der Waals surface area contributed by atoms with Crippen LogP contribution in [0.2, 0.25) is 0 Å². The summed E-state index contributed by atoms with van der Waals surface area (Å²) in [4.78, 5) is 7.30. The summed E-state index contributed by atoms with van der Waals surface area (Å²) >= 11 is 0. The van der Waals surface area contributed by atoms with Crippen molar-refractivity contribution in [3.8, 4) is 0 Å². The van der Waals surface area contributed by atoms with Crippen molar-refractivity contribution in [2.75, 3.05) is 13.7 Å². The van der Waals surface area contributed by atoms with Crippen LogP contribution in [-0.2, 0) is 4.74 Å². The van der Waals surface area contributed by atoms with Crippen molar-refractivity contribution in [2.24, 2.45) is 0 Å². The van der Waals surface area contributed by atoms with E-state index in [1.807, 2.05) is 0 Å². The predicted octanol–water partition coefficient (Wildman–Crippen LogP) is 1.89. The molecule has 1 aliphatic rings. The maximum atomic E-state index is 13.1. The first-order chi connectivity index (χ1) is 8.67. The lowest BCUT2D eigenvalue weighted by Gasteiger charge is -2.06. The number of hydrogen-bond acceptors (Lipinski definition) is 3. The van der Waals surface area contributed by atoms with Gasteiger partial charge in [0.05, 0.1) is 23.2 Å². The van der Waals surface area contributed by atoms with E-state index < -0.39 is 11.6 Å². The van der Waals surface area contributed by atoms with Crippen LogP contribution in [0.5, 0.6) is 0 Å². The van der Waals surface area contributed by atoms with Gasteiger partial charge in [0.2, 0.25) is 0 Å². The lowest BCUT2D eigenvalue weighted by molar-refractivity contribution is 0.117. The number of nitrogens with zero attached hydrogens (tertiary/aromatic N) is 1. The van der Waals surface area contributed by atoms with Gasteiger partial charge in [0.15, 0.2) is 11.6 Å². The maximum Gasteiger partial charge on any atom is 0.161 e. The van der Waals surface area contributed by atoms with E-state index in [2.05, 4.69) is 15.3 Å². The average molecular weight is 253 g/mol. The van der Waals surface area contributed by atoms with Crippen molar-refractivity contribution >= 4 is 11.0 Å². The normalized spacial score (nSPS) is 23.9. The van der Waals surface area contributed by atoms with Gasteiger partial charge in [-0.1, -0.05) is 0 Å². The van der Waals surface area contributed by atoms with Crippen molar-refractivity contribution in [2.45, 2.75) is 18.6 Å². The third kappa shape index (κ3) is 1.87. The molecule has 2 heterocycles. The van der Waals surface area contributed by atoms with Crippen molar-refractivity contribution < 1.29 is 13.5 Å². The molecule has 1 fully saturated rings. The summed E-state index contributed by atoms with van der Waals surface area (Å²) < 4.78 is 31.4. The minimum atomic E-state index is -0.880. The molecular weight excluding hydrogens is 240 g/mol. The molecule has 0 spiro atoms. The SMILES string of the molecule is COC1CNC(c2nc3cc(F)c(F)cc3[nH]2)C1. The molecular formula is C12H13F2N3O. The summed E-state index contributed by atoms with van der Waals surface area (Å²) in [6.45, 7) is 0.751. The molecule has 6 heteroatoms. The Morgan fingerprint density at radius 2 is 2.11 bits per heavy atom. The number of halogens is 2. The van der Waals surface area contributed by atoms with Gasteiger partial charge in [0, 0.05) is 25.8 Å². The van der Waals surface area contributed by atoms with E-state index in [1.54, 1.807) is 7.11 Å². The first-order valence-corrected chi connectivity index (χ1v) is 5.78. The number of aromatic amines is 1. The van der Waals surface area contributed by atoms with E-state index in [4.69, 9.17) is 4.74 Å². The standard InChI is InChI=1S/C12H13F2N3O/c1-18-6-2-11(15-5-6)12-16-9-3-7(13)8(14)4-10(9)17-12/h3-4,6,11,15H,2,5H2,1H3,(H,16,17). The van der Waals surface area contributed by atoms with Crippen LogP contribution in [-0.4, -0.2) is 29.7 Å². The molecule has 2 unspecified atom stereocenters. The van der Waals surface area contributed by atoms with Crippen molar-refractivity contribution in [3.05, 3.63) is 29.6 Å². The summed E-state index contributed by atoms with van der Waals surface area (Å²) in [6.07, 6.45) is 0.943. The van der Waals surface area contributed by atoms with Gasteiger partial charge in [0.1, 0.15) is 5.82 Å². The van der Waals surface area contributed by atoms with Gasteiger partial charge >= 0.3 is 0 Å². The van der Waals surface area contributed by atoms with Crippen molar-refractivity contribution in [1.29, 1.82) is 0 Å². The fraction of sp³-hybridized carbons (Fsp3) is 0.417. The van der Waals surface area contributed by atoms with E-state index in [0.717, 1.165) is 25.1 Å². The zero-order chi connectivity index (χ0) is 12.7. The molecule has 96 valence electrons. The molecule has 0 radical (unpaired) electrons. The van der Waals surface area contributed by atoms with E-state index in [1.165, 1.54) is 0 Å². The Bertz CT molecular complexity index is 545. The Kier molecular flexibility index (Phi) is 2.76. The van der Waals surface area contributed by atoms with Crippen LogP contribution in [0.4, 0.5) is 8.78 Å². The second-order valence-electron chi connectivity index (χ2n) is 4.46. The largest absolute Gasteiger partial charge is 0.380 e. The van der Waals surface area contributed by atoms with Crippen LogP contribution in [0.3, 0.4) is 0 Å². The Balaban J connectivity index is 1.94. The van der Waals surface area contributed by atoms with Crippen LogP contribution in [0.1, 0.15) is 18.3 Å². The van der Waals surface area contributed by atoms with Gasteiger partial charge in [-0.2, -0.15) is 0 Å². The number of methoxy groups -OCH3 is 1. The number of aromatic nitrogens is 2. The van der Waals surface area contributed by atoms with Gasteiger partial charge < -0.3 is 15.0 Å². The third-order valence-corrected chi connectivity index (χ3v) is 3.30. The molecule has 2 atom stereocenters. The number of rotatable bonds is 2. The summed E-state index contributed by atoms with van der Waals surface area (Å²) in [5.41, 5.74) is 0.943. The van der Waals surface area contributed by atoms with Gasteiger partial charge in [-0.05, 0) is 6.42 Å². The minimum absolute atomic E-state index is 0.0356. The van der Waals surface area contributed by atoms with Gasteiger partial charge in [-0.3, -0.25) is 0 Å². The highest BCUT2D eigenvalue weighted by molar-refractivity contribution is 5.75. The summed E-state index contributed by atoms with van der Waals surface area (Å²) in [5, 5.41) is 3.26. The first kappa shape index (κ1) is 11.6. The molecule has 0 bridgehead atoms. The van der Waals surface area contributed by atoms with Crippen LogP contribution in [0.15, 0.2) is 12.1 Å². The lowest BCUT2D eigenvalue weighted by Crippen LogP contribution is -2.16. The second kappa shape index (κ2) is 4.29. The predicted molar refractivity (Wildman–Crippen MR) is 62.2 cm³/mol. The fourth-order valence-corrected chi connectivity index (χ4v) is 2.28. The molecule has 1 aromatic carbocycles. The number of fused-ring (bicyclic) bond motifs is 1. The third-order valence-electron chi connectivity index (χ3n) is 3.30. The number of imidazole rings is 1. The van der Waals surface area contributed by atoms with Gasteiger partial charge in [-0.15, -0.1) is 0 Å². The molecule has 0 amide bonds. The van der Waals surface area contributed by atoms with E-state index in [0.29, 0.717) is 16.9 Å². The minimum Gasteiger partial charge on any atom is -0.380 e. The van der Waals surface area contributed by atoms with Crippen LogP contribution in [0, 0.1) is 11.6 Å². The molecule has 0 saturated carbocycles. The molecule has 0 aliphatic carbocycles. The number of benzene rings is 1. The molecule has 2 N–H and O–H groups in total. The summed E-state index contributed by atoms with van der Waals surface area (Å²) in [6, 6.07) is 2.27. The quantitative estimate of drug-likeness (QED) is 0.859. The average Bonchev–Trinajstić information content (AvgIpc) is 2.95. The molecule has 2 aromatic rings. The molecule has 4 nitrogen and oxygen atoms in total. The van der Waals surface area contributed by atoms with Crippen molar-refractivity contribution in [1.82, 2.24) is 15.3 Å². The highest BCUT2D eigenvalue weighted by Gasteiger charge is 2.27. The van der Waals surface area contributed by atoms with E-state index >= 15 is 0 Å². The number of nitrogens with one attached hydrogen (secondary N) is 2. The summed E-state index contributed by atoms with van der Waals surface area (Å²) in [5.74, 6) is -1.06. The van der Waals surface area contributed by atoms with Gasteiger partial charge in [0.25, 0.3) is 0 Å². The molecule has 1 aliphatic heterocycles. The number of ether oxygens (including phenoxy) is 1. The number of hydrogen-bond donors (Lipinski definition) is 2. The van der Waals surface area contributed by atoms with Crippen LogP contribution < -0.4 is 5.32 Å². The Morgan fingerprint density at radius 3 is 2.83 bits per heavy atom. The second-order valence-corrected chi connectivity index (χ2v) is 4.46. The molecule has 1 aromatic heterocycles.